The van der Waals surface area contributed by atoms with Crippen molar-refractivity contribution in [1.29, 1.82) is 0 Å². The quantitative estimate of drug-likeness (QED) is 0.623. The van der Waals surface area contributed by atoms with Gasteiger partial charge < -0.3 is 5.32 Å². The number of benzene rings is 1. The Labute approximate surface area is 129 Å². The first-order valence-electron chi connectivity index (χ1n) is 6.44. The summed E-state index contributed by atoms with van der Waals surface area (Å²) in [7, 11) is -3.85. The minimum Gasteiger partial charge on any atom is -0.316 e. The van der Waals surface area contributed by atoms with Gasteiger partial charge in [0.25, 0.3) is 5.69 Å². The van der Waals surface area contributed by atoms with Crippen LogP contribution >= 0.6 is 12.4 Å². The molecule has 1 saturated heterocycles. The summed E-state index contributed by atoms with van der Waals surface area (Å²) in [5.74, 6) is 0.223. The van der Waals surface area contributed by atoms with Crippen LogP contribution in [0.1, 0.15) is 12.8 Å². The van der Waals surface area contributed by atoms with E-state index >= 15 is 0 Å². The standard InChI is InChI=1S/C12H17N3O4S.ClH/c16-15(17)11-5-1-2-6-12(11)20(18,19)14-9-10-4-3-7-13-8-10;/h1-2,5-6,10,13-14H,3-4,7-9H2;1H. The number of nitrogens with one attached hydrogen (secondary N) is 2. The van der Waals surface area contributed by atoms with Gasteiger partial charge in [0.2, 0.25) is 10.0 Å². The van der Waals surface area contributed by atoms with Crippen LogP contribution in [0.2, 0.25) is 0 Å². The summed E-state index contributed by atoms with van der Waals surface area (Å²) in [4.78, 5) is 9.91. The first-order chi connectivity index (χ1) is 9.50. The second-order valence-electron chi connectivity index (χ2n) is 4.79. The van der Waals surface area contributed by atoms with Crippen LogP contribution in [0.25, 0.3) is 0 Å². The molecule has 1 fully saturated rings. The SMILES string of the molecule is Cl.O=[N+]([O-])c1ccccc1S(=O)(=O)NCC1CCCNC1. The summed E-state index contributed by atoms with van der Waals surface area (Å²) >= 11 is 0. The van der Waals surface area contributed by atoms with E-state index in [4.69, 9.17) is 0 Å². The van der Waals surface area contributed by atoms with E-state index in [1.54, 1.807) is 0 Å². The Balaban J connectivity index is 0.00000220. The third-order valence-corrected chi connectivity index (χ3v) is 4.78. The molecule has 7 nitrogen and oxygen atoms in total. The number of hydrogen-bond donors (Lipinski definition) is 2. The second-order valence-corrected chi connectivity index (χ2v) is 6.52. The predicted molar refractivity (Wildman–Crippen MR) is 81.1 cm³/mol. The van der Waals surface area contributed by atoms with Crippen molar-refractivity contribution in [2.45, 2.75) is 17.7 Å². The van der Waals surface area contributed by atoms with E-state index in [9.17, 15) is 18.5 Å². The fourth-order valence-electron chi connectivity index (χ4n) is 2.24. The van der Waals surface area contributed by atoms with E-state index in [1.165, 1.54) is 24.3 Å². The molecule has 0 saturated carbocycles. The average Bonchev–Trinajstić information content (AvgIpc) is 2.46. The van der Waals surface area contributed by atoms with Crippen LogP contribution in [0.4, 0.5) is 5.69 Å². The molecule has 21 heavy (non-hydrogen) atoms. The van der Waals surface area contributed by atoms with Gasteiger partial charge in [-0.3, -0.25) is 10.1 Å². The van der Waals surface area contributed by atoms with Gasteiger partial charge in [0.05, 0.1) is 4.92 Å². The molecule has 1 aliphatic heterocycles. The molecule has 1 atom stereocenters. The Kier molecular flexibility index (Phi) is 6.53. The highest BCUT2D eigenvalue weighted by Gasteiger charge is 2.26. The van der Waals surface area contributed by atoms with E-state index in [1.807, 2.05) is 0 Å². The van der Waals surface area contributed by atoms with E-state index in [0.717, 1.165) is 25.9 Å². The zero-order valence-electron chi connectivity index (χ0n) is 11.3. The summed E-state index contributed by atoms with van der Waals surface area (Å²) in [5, 5.41) is 14.1. The number of piperidine rings is 1. The van der Waals surface area contributed by atoms with Crippen LogP contribution < -0.4 is 10.0 Å². The van der Waals surface area contributed by atoms with Gasteiger partial charge in [-0.2, -0.15) is 0 Å². The summed E-state index contributed by atoms with van der Waals surface area (Å²) in [5.41, 5.74) is -0.401. The Morgan fingerprint density at radius 2 is 2.10 bits per heavy atom. The monoisotopic (exact) mass is 335 g/mol. The number of nitro benzene ring substituents is 1. The van der Waals surface area contributed by atoms with Crippen molar-refractivity contribution < 1.29 is 13.3 Å². The number of nitro groups is 1. The maximum absolute atomic E-state index is 12.2. The molecule has 0 spiro atoms. The fourth-order valence-corrected chi connectivity index (χ4v) is 3.53. The lowest BCUT2D eigenvalue weighted by atomic mass is 10.0. The molecule has 0 aromatic heterocycles. The third-order valence-electron chi connectivity index (χ3n) is 3.31. The Hall–Kier alpha value is -1.22. The van der Waals surface area contributed by atoms with Crippen molar-refractivity contribution in [3.05, 3.63) is 34.4 Å². The van der Waals surface area contributed by atoms with E-state index < -0.39 is 20.6 Å². The zero-order chi connectivity index (χ0) is 14.6. The Bertz CT molecular complexity index is 588. The first-order valence-corrected chi connectivity index (χ1v) is 7.93. The fraction of sp³-hybridized carbons (Fsp3) is 0.500. The van der Waals surface area contributed by atoms with Crippen molar-refractivity contribution >= 4 is 28.1 Å². The van der Waals surface area contributed by atoms with E-state index in [0.29, 0.717) is 6.54 Å². The molecule has 1 unspecified atom stereocenters. The van der Waals surface area contributed by atoms with Crippen molar-refractivity contribution in [2.24, 2.45) is 5.92 Å². The van der Waals surface area contributed by atoms with Crippen LogP contribution in [-0.4, -0.2) is 33.0 Å². The molecule has 2 rings (SSSR count). The second kappa shape index (κ2) is 7.69. The van der Waals surface area contributed by atoms with Gasteiger partial charge in [0.1, 0.15) is 0 Å². The van der Waals surface area contributed by atoms with Gasteiger partial charge >= 0.3 is 0 Å². The molecule has 0 aliphatic carbocycles. The minimum atomic E-state index is -3.85. The first kappa shape index (κ1) is 17.8. The zero-order valence-corrected chi connectivity index (χ0v) is 13.0. The Morgan fingerprint density at radius 3 is 2.71 bits per heavy atom. The summed E-state index contributed by atoms with van der Waals surface area (Å²) in [6.45, 7) is 2.01. The average molecular weight is 336 g/mol. The summed E-state index contributed by atoms with van der Waals surface area (Å²) in [6.07, 6.45) is 1.96. The number of rotatable bonds is 5. The molecule has 0 bridgehead atoms. The van der Waals surface area contributed by atoms with Gasteiger partial charge in [-0.15, -0.1) is 12.4 Å². The number of sulfonamides is 1. The van der Waals surface area contributed by atoms with Gasteiger partial charge in [0.15, 0.2) is 4.90 Å². The largest absolute Gasteiger partial charge is 0.316 e. The highest BCUT2D eigenvalue weighted by molar-refractivity contribution is 7.89. The maximum Gasteiger partial charge on any atom is 0.289 e. The smallest absolute Gasteiger partial charge is 0.289 e. The van der Waals surface area contributed by atoms with Crippen LogP contribution in [0, 0.1) is 16.0 Å². The highest BCUT2D eigenvalue weighted by atomic mass is 35.5. The van der Waals surface area contributed by atoms with E-state index in [-0.39, 0.29) is 23.2 Å². The van der Waals surface area contributed by atoms with Gasteiger partial charge in [0, 0.05) is 12.6 Å². The van der Waals surface area contributed by atoms with Gasteiger partial charge in [-0.05, 0) is 37.9 Å². The molecule has 0 radical (unpaired) electrons. The summed E-state index contributed by atoms with van der Waals surface area (Å²) < 4.78 is 26.8. The maximum atomic E-state index is 12.2. The molecule has 0 amide bonds. The molecular formula is C12H18ClN3O4S. The highest BCUT2D eigenvalue weighted by Crippen LogP contribution is 2.22. The summed E-state index contributed by atoms with van der Waals surface area (Å²) in [6, 6.07) is 5.36. The van der Waals surface area contributed by atoms with Crippen molar-refractivity contribution in [1.82, 2.24) is 10.0 Å². The molecular weight excluding hydrogens is 318 g/mol. The number of para-hydroxylation sites is 1. The normalized spacial score (nSPS) is 18.8. The van der Waals surface area contributed by atoms with Crippen LogP contribution in [0.3, 0.4) is 0 Å². The molecule has 1 heterocycles. The molecule has 1 aromatic carbocycles. The lowest BCUT2D eigenvalue weighted by molar-refractivity contribution is -0.387. The molecule has 118 valence electrons. The number of hydrogen-bond acceptors (Lipinski definition) is 5. The topological polar surface area (TPSA) is 101 Å². The van der Waals surface area contributed by atoms with Crippen LogP contribution in [0.5, 0.6) is 0 Å². The lowest BCUT2D eigenvalue weighted by Crippen LogP contribution is -2.38. The minimum absolute atomic E-state index is 0. The van der Waals surface area contributed by atoms with Crippen molar-refractivity contribution in [3.8, 4) is 0 Å². The molecule has 9 heteroatoms. The van der Waals surface area contributed by atoms with Crippen LogP contribution in [0.15, 0.2) is 29.2 Å². The molecule has 1 aliphatic rings. The molecule has 2 N–H and O–H groups in total. The molecule has 1 aromatic rings. The van der Waals surface area contributed by atoms with Crippen LogP contribution in [-0.2, 0) is 10.0 Å². The Morgan fingerprint density at radius 1 is 1.38 bits per heavy atom. The predicted octanol–water partition coefficient (Wildman–Crippen LogP) is 1.29. The third kappa shape index (κ3) is 4.63. The van der Waals surface area contributed by atoms with Gasteiger partial charge in [-0.25, -0.2) is 13.1 Å². The lowest BCUT2D eigenvalue weighted by Gasteiger charge is -2.22. The van der Waals surface area contributed by atoms with Gasteiger partial charge in [-0.1, -0.05) is 12.1 Å². The van der Waals surface area contributed by atoms with Crippen molar-refractivity contribution in [3.63, 3.8) is 0 Å². The van der Waals surface area contributed by atoms with E-state index in [2.05, 4.69) is 10.0 Å². The van der Waals surface area contributed by atoms with Crippen molar-refractivity contribution in [2.75, 3.05) is 19.6 Å². The number of halogens is 1. The number of nitrogens with zero attached hydrogens (tertiary/aromatic N) is 1.